The number of ether oxygens (including phenoxy) is 2. The number of carbonyl (C=O) groups is 2. The molecule has 0 radical (unpaired) electrons. The van der Waals surface area contributed by atoms with Crippen LogP contribution in [0.15, 0.2) is 54.7 Å². The van der Waals surface area contributed by atoms with Crippen LogP contribution in [0.4, 0.5) is 5.69 Å². The molecule has 0 bridgehead atoms. The van der Waals surface area contributed by atoms with E-state index in [9.17, 15) is 9.59 Å². The van der Waals surface area contributed by atoms with E-state index < -0.39 is 0 Å². The Bertz CT molecular complexity index is 1180. The fourth-order valence-electron chi connectivity index (χ4n) is 4.60. The molecule has 5 rings (SSSR count). The molecule has 3 heterocycles. The zero-order chi connectivity index (χ0) is 22.8. The minimum Gasteiger partial charge on any atom is -0.486 e. The Morgan fingerprint density at radius 1 is 1.03 bits per heavy atom. The number of Topliss-reactive ketones (excluding diaryl/α,β-unsaturated/α-hetero) is 1. The number of pyridine rings is 1. The van der Waals surface area contributed by atoms with Crippen LogP contribution in [0.3, 0.4) is 0 Å². The van der Waals surface area contributed by atoms with E-state index in [0.29, 0.717) is 43.4 Å². The molecule has 2 aliphatic rings. The number of benzene rings is 2. The van der Waals surface area contributed by atoms with Crippen LogP contribution in [-0.4, -0.2) is 53.9 Å². The Labute approximate surface area is 192 Å². The highest BCUT2D eigenvalue weighted by Crippen LogP contribution is 2.33. The summed E-state index contributed by atoms with van der Waals surface area (Å²) in [5.74, 6) is 1.35. The highest BCUT2D eigenvalue weighted by atomic mass is 16.6. The van der Waals surface area contributed by atoms with Crippen LogP contribution < -0.4 is 14.8 Å². The average Bonchev–Trinajstić information content (AvgIpc) is 2.88. The van der Waals surface area contributed by atoms with Gasteiger partial charge in [-0.2, -0.15) is 0 Å². The molecule has 1 aromatic heterocycles. The van der Waals surface area contributed by atoms with Gasteiger partial charge < -0.3 is 14.8 Å². The van der Waals surface area contributed by atoms with E-state index in [2.05, 4.69) is 15.2 Å². The number of piperidine rings is 1. The van der Waals surface area contributed by atoms with Crippen LogP contribution in [0.25, 0.3) is 10.9 Å². The van der Waals surface area contributed by atoms with Gasteiger partial charge in [-0.3, -0.25) is 19.5 Å². The number of carbonyl (C=O) groups excluding carboxylic acids is 2. The zero-order valence-electron chi connectivity index (χ0n) is 18.6. The summed E-state index contributed by atoms with van der Waals surface area (Å²) in [5.41, 5.74) is 2.27. The summed E-state index contributed by atoms with van der Waals surface area (Å²) in [4.78, 5) is 32.5. The summed E-state index contributed by atoms with van der Waals surface area (Å²) in [6.45, 7) is 4.35. The van der Waals surface area contributed by atoms with Crippen LogP contribution >= 0.6 is 0 Å². The predicted octanol–water partition coefficient (Wildman–Crippen LogP) is 3.93. The van der Waals surface area contributed by atoms with Crippen molar-refractivity contribution in [1.82, 2.24) is 9.88 Å². The monoisotopic (exact) mass is 445 g/mol. The molecule has 7 nitrogen and oxygen atoms in total. The number of rotatable bonds is 5. The lowest BCUT2D eigenvalue weighted by Crippen LogP contribution is -2.47. The number of ketones is 1. The molecule has 1 fully saturated rings. The Morgan fingerprint density at radius 3 is 2.64 bits per heavy atom. The van der Waals surface area contributed by atoms with Gasteiger partial charge in [-0.25, -0.2) is 0 Å². The van der Waals surface area contributed by atoms with Crippen LogP contribution in [0.2, 0.25) is 0 Å². The van der Waals surface area contributed by atoms with Crippen molar-refractivity contribution in [3.8, 4) is 11.5 Å². The lowest BCUT2D eigenvalue weighted by atomic mass is 9.88. The van der Waals surface area contributed by atoms with E-state index in [0.717, 1.165) is 29.4 Å². The first-order chi connectivity index (χ1) is 16.1. The van der Waals surface area contributed by atoms with Crippen molar-refractivity contribution in [1.29, 1.82) is 0 Å². The quantitative estimate of drug-likeness (QED) is 0.600. The second-order valence-electron chi connectivity index (χ2n) is 8.57. The van der Waals surface area contributed by atoms with Gasteiger partial charge in [0.2, 0.25) is 5.91 Å². The standard InChI is InChI=1S/C26H27N3O4/c1-17(26(31)28-22-6-2-5-21-20(22)4-3-11-27-21)29-12-9-18(10-13-29)25(30)19-7-8-23-24(16-19)33-15-14-32-23/h2-8,11,16-18H,9-10,12-15H2,1H3,(H,28,31). The molecule has 3 aromatic rings. The first kappa shape index (κ1) is 21.4. The van der Waals surface area contributed by atoms with Gasteiger partial charge in [0, 0.05) is 23.1 Å². The largest absolute Gasteiger partial charge is 0.486 e. The van der Waals surface area contributed by atoms with E-state index in [1.165, 1.54) is 0 Å². The molecule has 33 heavy (non-hydrogen) atoms. The maximum atomic E-state index is 13.1. The van der Waals surface area contributed by atoms with Crippen molar-refractivity contribution in [2.45, 2.75) is 25.8 Å². The molecule has 0 aliphatic carbocycles. The molecule has 1 unspecified atom stereocenters. The summed E-state index contributed by atoms with van der Waals surface area (Å²) < 4.78 is 11.2. The van der Waals surface area contributed by atoms with Gasteiger partial charge in [-0.15, -0.1) is 0 Å². The molecule has 1 N–H and O–H groups in total. The van der Waals surface area contributed by atoms with Gasteiger partial charge in [0.25, 0.3) is 0 Å². The predicted molar refractivity (Wildman–Crippen MR) is 126 cm³/mol. The highest BCUT2D eigenvalue weighted by Gasteiger charge is 2.31. The van der Waals surface area contributed by atoms with E-state index in [4.69, 9.17) is 9.47 Å². The van der Waals surface area contributed by atoms with E-state index in [-0.39, 0.29) is 23.7 Å². The molecular formula is C26H27N3O4. The minimum atomic E-state index is -0.290. The number of anilines is 1. The summed E-state index contributed by atoms with van der Waals surface area (Å²) in [6.07, 6.45) is 3.19. The normalized spacial score (nSPS) is 17.5. The topological polar surface area (TPSA) is 80.8 Å². The van der Waals surface area contributed by atoms with Crippen LogP contribution in [-0.2, 0) is 4.79 Å². The number of fused-ring (bicyclic) bond motifs is 2. The SMILES string of the molecule is CC(C(=O)Nc1cccc2ncccc12)N1CCC(C(=O)c2ccc3c(c2)OCCO3)CC1. The van der Waals surface area contributed by atoms with Crippen molar-refractivity contribution in [2.75, 3.05) is 31.6 Å². The maximum Gasteiger partial charge on any atom is 0.241 e. The van der Waals surface area contributed by atoms with Crippen LogP contribution in [0.1, 0.15) is 30.1 Å². The molecule has 0 saturated carbocycles. The number of hydrogen-bond donors (Lipinski definition) is 1. The third-order valence-electron chi connectivity index (χ3n) is 6.56. The van der Waals surface area contributed by atoms with Gasteiger partial charge in [-0.05, 0) is 75.3 Å². The Hall–Kier alpha value is -3.45. The average molecular weight is 446 g/mol. The third-order valence-corrected chi connectivity index (χ3v) is 6.56. The Kier molecular flexibility index (Phi) is 5.96. The fraction of sp³-hybridized carbons (Fsp3) is 0.346. The van der Waals surface area contributed by atoms with Crippen molar-refractivity contribution in [3.63, 3.8) is 0 Å². The highest BCUT2D eigenvalue weighted by molar-refractivity contribution is 6.02. The molecule has 170 valence electrons. The van der Waals surface area contributed by atoms with E-state index in [1.54, 1.807) is 12.3 Å². The minimum absolute atomic E-state index is 0.0526. The molecule has 0 spiro atoms. The number of aromatic nitrogens is 1. The number of nitrogens with zero attached hydrogens (tertiary/aromatic N) is 2. The maximum absolute atomic E-state index is 13.1. The van der Waals surface area contributed by atoms with Gasteiger partial charge in [0.1, 0.15) is 13.2 Å². The summed E-state index contributed by atoms with van der Waals surface area (Å²) in [7, 11) is 0. The Morgan fingerprint density at radius 2 is 1.82 bits per heavy atom. The second kappa shape index (κ2) is 9.19. The van der Waals surface area contributed by atoms with Gasteiger partial charge in [0.05, 0.1) is 17.2 Å². The van der Waals surface area contributed by atoms with E-state index >= 15 is 0 Å². The first-order valence-corrected chi connectivity index (χ1v) is 11.4. The number of hydrogen-bond acceptors (Lipinski definition) is 6. The Balaban J connectivity index is 1.20. The summed E-state index contributed by atoms with van der Waals surface area (Å²) in [6, 6.07) is 14.7. The smallest absolute Gasteiger partial charge is 0.241 e. The lowest BCUT2D eigenvalue weighted by Gasteiger charge is -2.35. The van der Waals surface area contributed by atoms with Crippen molar-refractivity contribution < 1.29 is 19.1 Å². The summed E-state index contributed by atoms with van der Waals surface area (Å²) in [5, 5.41) is 3.98. The van der Waals surface area contributed by atoms with Crippen molar-refractivity contribution >= 4 is 28.3 Å². The molecule has 7 heteroatoms. The van der Waals surface area contributed by atoms with E-state index in [1.807, 2.05) is 49.4 Å². The van der Waals surface area contributed by atoms with Crippen molar-refractivity contribution in [2.24, 2.45) is 5.92 Å². The van der Waals surface area contributed by atoms with Crippen LogP contribution in [0.5, 0.6) is 11.5 Å². The number of amides is 1. The van der Waals surface area contributed by atoms with Crippen molar-refractivity contribution in [3.05, 3.63) is 60.3 Å². The zero-order valence-corrected chi connectivity index (χ0v) is 18.6. The fourth-order valence-corrected chi connectivity index (χ4v) is 4.60. The van der Waals surface area contributed by atoms with Gasteiger partial charge in [-0.1, -0.05) is 6.07 Å². The summed E-state index contributed by atoms with van der Waals surface area (Å²) >= 11 is 0. The number of likely N-dealkylation sites (tertiary alicyclic amines) is 1. The second-order valence-corrected chi connectivity index (χ2v) is 8.57. The molecule has 2 aliphatic heterocycles. The lowest BCUT2D eigenvalue weighted by molar-refractivity contribution is -0.121. The number of nitrogens with one attached hydrogen (secondary N) is 1. The van der Waals surface area contributed by atoms with Gasteiger partial charge in [0.15, 0.2) is 17.3 Å². The molecule has 2 aromatic carbocycles. The molecular weight excluding hydrogens is 418 g/mol. The van der Waals surface area contributed by atoms with Crippen LogP contribution in [0, 0.1) is 5.92 Å². The van der Waals surface area contributed by atoms with Gasteiger partial charge >= 0.3 is 0 Å². The molecule has 1 saturated heterocycles. The third kappa shape index (κ3) is 4.41. The molecule has 1 amide bonds. The molecule has 1 atom stereocenters. The first-order valence-electron chi connectivity index (χ1n) is 11.4.